The molecule has 0 amide bonds. The summed E-state index contributed by atoms with van der Waals surface area (Å²) < 4.78 is 5.68. The summed E-state index contributed by atoms with van der Waals surface area (Å²) in [7, 11) is 0. The highest BCUT2D eigenvalue weighted by atomic mass is 16.5. The van der Waals surface area contributed by atoms with E-state index in [1.54, 1.807) is 13.8 Å². The molecule has 0 fully saturated rings. The Kier molecular flexibility index (Phi) is 15.0. The van der Waals surface area contributed by atoms with Crippen LogP contribution in [0.2, 0.25) is 0 Å². The summed E-state index contributed by atoms with van der Waals surface area (Å²) >= 11 is 0. The van der Waals surface area contributed by atoms with Crippen LogP contribution in [-0.4, -0.2) is 46.3 Å². The molecule has 24 heavy (non-hydrogen) atoms. The molecule has 0 saturated heterocycles. The second-order valence-electron chi connectivity index (χ2n) is 7.78. The normalized spacial score (nSPS) is 14.8. The van der Waals surface area contributed by atoms with Gasteiger partial charge in [-0.3, -0.25) is 0 Å². The van der Waals surface area contributed by atoms with Crippen molar-refractivity contribution in [1.82, 2.24) is 0 Å². The first kappa shape index (κ1) is 23.8. The van der Waals surface area contributed by atoms with Gasteiger partial charge in [0.1, 0.15) is 6.10 Å². The van der Waals surface area contributed by atoms with E-state index in [-0.39, 0.29) is 19.3 Å². The van der Waals surface area contributed by atoms with E-state index in [2.05, 4.69) is 6.92 Å². The third-order valence-corrected chi connectivity index (χ3v) is 4.34. The molecule has 0 spiro atoms. The molecule has 0 aromatic rings. The van der Waals surface area contributed by atoms with Gasteiger partial charge in [-0.15, -0.1) is 0 Å². The van der Waals surface area contributed by atoms with Gasteiger partial charge < -0.3 is 20.1 Å². The van der Waals surface area contributed by atoms with Gasteiger partial charge in [-0.05, 0) is 20.3 Å². The maximum Gasteiger partial charge on any atom is 0.100 e. The molecule has 2 atom stereocenters. The van der Waals surface area contributed by atoms with Crippen LogP contribution in [0.15, 0.2) is 0 Å². The highest BCUT2D eigenvalue weighted by Crippen LogP contribution is 2.19. The SMILES string of the molecule is CCCCCCCCCCCCC(CC(C)(C)O)OCC(O)CO. The third-order valence-electron chi connectivity index (χ3n) is 4.34. The molecule has 146 valence electrons. The maximum absolute atomic E-state index is 9.98. The molecule has 4 nitrogen and oxygen atoms in total. The van der Waals surface area contributed by atoms with Gasteiger partial charge in [0.05, 0.1) is 24.9 Å². The van der Waals surface area contributed by atoms with Crippen molar-refractivity contribution in [3.8, 4) is 0 Å². The minimum absolute atomic E-state index is 0.0553. The number of rotatable bonds is 17. The maximum atomic E-state index is 9.98. The molecule has 3 N–H and O–H groups in total. The first-order valence-corrected chi connectivity index (χ1v) is 10.0. The molecule has 0 saturated carbocycles. The summed E-state index contributed by atoms with van der Waals surface area (Å²) in [4.78, 5) is 0. The van der Waals surface area contributed by atoms with E-state index in [4.69, 9.17) is 9.84 Å². The van der Waals surface area contributed by atoms with Crippen LogP contribution >= 0.6 is 0 Å². The smallest absolute Gasteiger partial charge is 0.100 e. The van der Waals surface area contributed by atoms with E-state index < -0.39 is 11.7 Å². The van der Waals surface area contributed by atoms with Crippen LogP contribution in [0.4, 0.5) is 0 Å². The summed E-state index contributed by atoms with van der Waals surface area (Å²) in [6, 6.07) is 0. The predicted molar refractivity (Wildman–Crippen MR) is 100 cm³/mol. The third kappa shape index (κ3) is 16.7. The Morgan fingerprint density at radius 2 is 1.38 bits per heavy atom. The fourth-order valence-corrected chi connectivity index (χ4v) is 2.96. The molecule has 4 heteroatoms. The van der Waals surface area contributed by atoms with Gasteiger partial charge >= 0.3 is 0 Å². The number of aliphatic hydroxyl groups is 3. The zero-order valence-electron chi connectivity index (χ0n) is 16.3. The van der Waals surface area contributed by atoms with Crippen molar-refractivity contribution >= 4 is 0 Å². The molecule has 0 aromatic carbocycles. The summed E-state index contributed by atoms with van der Waals surface area (Å²) in [5, 5.41) is 28.3. The Hall–Kier alpha value is -0.160. The molecule has 0 rings (SSSR count). The van der Waals surface area contributed by atoms with Gasteiger partial charge in [-0.2, -0.15) is 0 Å². The van der Waals surface area contributed by atoms with Gasteiger partial charge in [-0.1, -0.05) is 71.1 Å². The predicted octanol–water partition coefficient (Wildman–Crippen LogP) is 4.20. The molecule has 0 aliphatic carbocycles. The molecule has 0 aliphatic rings. The van der Waals surface area contributed by atoms with Gasteiger partial charge in [-0.25, -0.2) is 0 Å². The minimum Gasteiger partial charge on any atom is -0.394 e. The standard InChI is InChI=1S/C20H42O4/c1-4-5-6-7-8-9-10-11-12-13-14-19(15-20(2,3)23)24-17-18(22)16-21/h18-19,21-23H,4-17H2,1-3H3. The van der Waals surface area contributed by atoms with Crippen molar-refractivity contribution in [2.75, 3.05) is 13.2 Å². The topological polar surface area (TPSA) is 69.9 Å². The Morgan fingerprint density at radius 1 is 0.875 bits per heavy atom. The summed E-state index contributed by atoms with van der Waals surface area (Å²) in [5.74, 6) is 0. The van der Waals surface area contributed by atoms with Crippen LogP contribution < -0.4 is 0 Å². The Labute approximate surface area is 149 Å². The number of hydrogen-bond donors (Lipinski definition) is 3. The highest BCUT2D eigenvalue weighted by molar-refractivity contribution is 4.73. The number of ether oxygens (including phenoxy) is 1. The van der Waals surface area contributed by atoms with Crippen LogP contribution in [0.3, 0.4) is 0 Å². The molecule has 0 bridgehead atoms. The van der Waals surface area contributed by atoms with E-state index in [1.165, 1.54) is 57.8 Å². The molecule has 0 aliphatic heterocycles. The van der Waals surface area contributed by atoms with Crippen molar-refractivity contribution < 1.29 is 20.1 Å². The number of aliphatic hydroxyl groups excluding tert-OH is 2. The van der Waals surface area contributed by atoms with Crippen LogP contribution in [0.5, 0.6) is 0 Å². The lowest BCUT2D eigenvalue weighted by Gasteiger charge is -2.26. The van der Waals surface area contributed by atoms with Crippen LogP contribution in [0, 0.1) is 0 Å². The average Bonchev–Trinajstić information content (AvgIpc) is 2.52. The largest absolute Gasteiger partial charge is 0.394 e. The zero-order valence-corrected chi connectivity index (χ0v) is 16.3. The van der Waals surface area contributed by atoms with Crippen molar-refractivity contribution in [3.05, 3.63) is 0 Å². The van der Waals surface area contributed by atoms with Crippen molar-refractivity contribution in [1.29, 1.82) is 0 Å². The number of unbranched alkanes of at least 4 members (excludes halogenated alkanes) is 9. The first-order valence-electron chi connectivity index (χ1n) is 10.0. The van der Waals surface area contributed by atoms with Gasteiger partial charge in [0.25, 0.3) is 0 Å². The summed E-state index contributed by atoms with van der Waals surface area (Å²) in [6.07, 6.45) is 13.6. The van der Waals surface area contributed by atoms with Crippen molar-refractivity contribution in [3.63, 3.8) is 0 Å². The van der Waals surface area contributed by atoms with Crippen molar-refractivity contribution in [2.45, 2.75) is 116 Å². The van der Waals surface area contributed by atoms with E-state index in [0.717, 1.165) is 12.8 Å². The molecule has 0 heterocycles. The lowest BCUT2D eigenvalue weighted by atomic mass is 9.96. The van der Waals surface area contributed by atoms with Gasteiger partial charge in [0.15, 0.2) is 0 Å². The fourth-order valence-electron chi connectivity index (χ4n) is 2.96. The molecule has 2 unspecified atom stereocenters. The van der Waals surface area contributed by atoms with E-state index >= 15 is 0 Å². The summed E-state index contributed by atoms with van der Waals surface area (Å²) in [5.41, 5.74) is -0.771. The second-order valence-corrected chi connectivity index (χ2v) is 7.78. The van der Waals surface area contributed by atoms with E-state index in [1.807, 2.05) is 0 Å². The number of hydrogen-bond acceptors (Lipinski definition) is 4. The first-order chi connectivity index (χ1) is 11.4. The Morgan fingerprint density at radius 3 is 1.83 bits per heavy atom. The Balaban J connectivity index is 3.73. The van der Waals surface area contributed by atoms with Crippen LogP contribution in [-0.2, 0) is 4.74 Å². The van der Waals surface area contributed by atoms with Crippen LogP contribution in [0.1, 0.15) is 97.8 Å². The lowest BCUT2D eigenvalue weighted by Crippen LogP contribution is -2.31. The highest BCUT2D eigenvalue weighted by Gasteiger charge is 2.21. The van der Waals surface area contributed by atoms with Crippen molar-refractivity contribution in [2.24, 2.45) is 0 Å². The van der Waals surface area contributed by atoms with Gasteiger partial charge in [0, 0.05) is 6.42 Å². The zero-order chi connectivity index (χ0) is 18.3. The van der Waals surface area contributed by atoms with Crippen LogP contribution in [0.25, 0.3) is 0 Å². The Bertz CT molecular complexity index is 263. The summed E-state index contributed by atoms with van der Waals surface area (Å²) in [6.45, 7) is 5.66. The molecule has 0 aromatic heterocycles. The monoisotopic (exact) mass is 346 g/mol. The molecular weight excluding hydrogens is 304 g/mol. The average molecular weight is 347 g/mol. The van der Waals surface area contributed by atoms with E-state index in [9.17, 15) is 10.2 Å². The van der Waals surface area contributed by atoms with Gasteiger partial charge in [0.2, 0.25) is 0 Å². The van der Waals surface area contributed by atoms with E-state index in [0.29, 0.717) is 6.42 Å². The molecule has 0 radical (unpaired) electrons. The molecular formula is C20H42O4. The fraction of sp³-hybridized carbons (Fsp3) is 1.00. The quantitative estimate of drug-likeness (QED) is 0.345. The minimum atomic E-state index is -0.831. The second kappa shape index (κ2) is 15.1. The lowest BCUT2D eigenvalue weighted by molar-refractivity contribution is -0.0619.